The van der Waals surface area contributed by atoms with Gasteiger partial charge in [-0.1, -0.05) is 49.2 Å². The highest BCUT2D eigenvalue weighted by atomic mass is 35.5. The van der Waals surface area contributed by atoms with E-state index in [4.69, 9.17) is 11.6 Å². The van der Waals surface area contributed by atoms with Crippen molar-refractivity contribution < 1.29 is 4.79 Å². The summed E-state index contributed by atoms with van der Waals surface area (Å²) in [5.41, 5.74) is 2.12. The van der Waals surface area contributed by atoms with E-state index in [0.29, 0.717) is 5.92 Å². The molecular formula is C21H24ClNOS. The quantitative estimate of drug-likeness (QED) is 0.625. The Labute approximate surface area is 159 Å². The molecule has 1 saturated heterocycles. The molecule has 3 rings (SSSR count). The molecule has 1 unspecified atom stereocenters. The second kappa shape index (κ2) is 8.77. The van der Waals surface area contributed by atoms with Crippen molar-refractivity contribution in [3.63, 3.8) is 0 Å². The molecule has 0 aromatic heterocycles. The number of hydrogen-bond donors (Lipinski definition) is 0. The molecule has 1 aliphatic heterocycles. The Balaban J connectivity index is 1.81. The molecular weight excluding hydrogens is 350 g/mol. The van der Waals surface area contributed by atoms with Gasteiger partial charge in [0.1, 0.15) is 0 Å². The van der Waals surface area contributed by atoms with Crippen molar-refractivity contribution >= 4 is 29.3 Å². The van der Waals surface area contributed by atoms with Crippen LogP contribution in [0.15, 0.2) is 53.4 Å². The summed E-state index contributed by atoms with van der Waals surface area (Å²) in [7, 11) is 0. The van der Waals surface area contributed by atoms with E-state index in [2.05, 4.69) is 25.1 Å². The van der Waals surface area contributed by atoms with Crippen LogP contribution in [0.1, 0.15) is 48.0 Å². The molecule has 1 fully saturated rings. The molecule has 2 aromatic carbocycles. The molecule has 0 saturated carbocycles. The first-order valence-electron chi connectivity index (χ1n) is 8.95. The average molecular weight is 374 g/mol. The maximum atomic E-state index is 13.2. The number of likely N-dealkylation sites (tertiary alicyclic amines) is 1. The molecule has 0 N–H and O–H groups in total. The van der Waals surface area contributed by atoms with Gasteiger partial charge < -0.3 is 4.90 Å². The van der Waals surface area contributed by atoms with Gasteiger partial charge in [-0.05, 0) is 48.4 Å². The lowest BCUT2D eigenvalue weighted by molar-refractivity contribution is 0.0751. The molecule has 0 spiro atoms. The minimum absolute atomic E-state index is 0.164. The van der Waals surface area contributed by atoms with Crippen molar-refractivity contribution in [1.82, 2.24) is 4.90 Å². The fourth-order valence-electron chi connectivity index (χ4n) is 3.43. The fraction of sp³-hybridized carbons (Fsp3) is 0.381. The van der Waals surface area contributed by atoms with Crippen LogP contribution in [0.2, 0.25) is 5.02 Å². The lowest BCUT2D eigenvalue weighted by atomic mass is 9.94. The lowest BCUT2D eigenvalue weighted by Crippen LogP contribution is -2.34. The molecule has 0 aliphatic carbocycles. The minimum Gasteiger partial charge on any atom is -0.338 e. The van der Waals surface area contributed by atoms with Crippen LogP contribution in [-0.2, 0) is 0 Å². The third-order valence-electron chi connectivity index (χ3n) is 4.72. The number of nitrogens with zero attached hydrogens (tertiary/aromatic N) is 1. The van der Waals surface area contributed by atoms with Crippen molar-refractivity contribution in [2.45, 2.75) is 37.0 Å². The smallest absolute Gasteiger partial charge is 0.255 e. The molecule has 2 aromatic rings. The van der Waals surface area contributed by atoms with Crippen LogP contribution in [0, 0.1) is 0 Å². The average Bonchev–Trinajstić information content (AvgIpc) is 2.89. The first kappa shape index (κ1) is 18.3. The first-order chi connectivity index (χ1) is 12.2. The number of halogens is 1. The molecule has 1 heterocycles. The van der Waals surface area contributed by atoms with E-state index < -0.39 is 0 Å². The van der Waals surface area contributed by atoms with Crippen molar-refractivity contribution in [2.24, 2.45) is 0 Å². The van der Waals surface area contributed by atoms with Crippen LogP contribution in [0.25, 0.3) is 0 Å². The van der Waals surface area contributed by atoms with Gasteiger partial charge in [-0.25, -0.2) is 0 Å². The van der Waals surface area contributed by atoms with E-state index in [0.717, 1.165) is 53.6 Å². The van der Waals surface area contributed by atoms with Crippen LogP contribution in [0.3, 0.4) is 0 Å². The monoisotopic (exact) mass is 373 g/mol. The first-order valence-corrected chi connectivity index (χ1v) is 10.3. The molecule has 4 heteroatoms. The van der Waals surface area contributed by atoms with Crippen LogP contribution in [0.5, 0.6) is 0 Å². The summed E-state index contributed by atoms with van der Waals surface area (Å²) in [5, 5.41) is 0.760. The largest absolute Gasteiger partial charge is 0.338 e. The second-order valence-corrected chi connectivity index (χ2v) is 8.17. The summed E-state index contributed by atoms with van der Waals surface area (Å²) in [5.74, 6) is 1.52. The third-order valence-corrected chi connectivity index (χ3v) is 5.92. The Hall–Kier alpha value is -1.45. The zero-order valence-corrected chi connectivity index (χ0v) is 16.2. The Morgan fingerprint density at radius 1 is 1.16 bits per heavy atom. The predicted octanol–water partition coefficient (Wildman–Crippen LogP) is 5.86. The summed E-state index contributed by atoms with van der Waals surface area (Å²) in [4.78, 5) is 16.3. The van der Waals surface area contributed by atoms with E-state index in [1.54, 1.807) is 11.8 Å². The van der Waals surface area contributed by atoms with Crippen LogP contribution in [-0.4, -0.2) is 29.6 Å². The molecule has 25 heavy (non-hydrogen) atoms. The van der Waals surface area contributed by atoms with Gasteiger partial charge in [0.15, 0.2) is 0 Å². The van der Waals surface area contributed by atoms with E-state index in [1.165, 1.54) is 5.56 Å². The molecule has 0 radical (unpaired) electrons. The third kappa shape index (κ3) is 4.59. The topological polar surface area (TPSA) is 20.3 Å². The van der Waals surface area contributed by atoms with Crippen molar-refractivity contribution in [3.8, 4) is 0 Å². The fourth-order valence-corrected chi connectivity index (χ4v) is 4.35. The normalized spacial score (nSPS) is 18.0. The Kier molecular flexibility index (Phi) is 6.44. The van der Waals surface area contributed by atoms with Gasteiger partial charge >= 0.3 is 0 Å². The standard InChI is InChI=1S/C21H24ClNOS/c1-2-25-20-9-4-3-8-19(20)21(24)23-14-6-5-7-17(15-23)16-10-12-18(22)13-11-16/h3-4,8-13,17H,2,5-7,14-15H2,1H3. The minimum atomic E-state index is 0.164. The Morgan fingerprint density at radius 3 is 2.68 bits per heavy atom. The van der Waals surface area contributed by atoms with E-state index in [1.807, 2.05) is 35.2 Å². The van der Waals surface area contributed by atoms with Crippen LogP contribution < -0.4 is 0 Å². The number of amides is 1. The second-order valence-electron chi connectivity index (χ2n) is 6.42. The van der Waals surface area contributed by atoms with Crippen LogP contribution in [0.4, 0.5) is 0 Å². The Morgan fingerprint density at radius 2 is 1.92 bits per heavy atom. The van der Waals surface area contributed by atoms with Crippen molar-refractivity contribution in [1.29, 1.82) is 0 Å². The number of carbonyl (C=O) groups excluding carboxylic acids is 1. The van der Waals surface area contributed by atoms with Gasteiger partial charge in [0.05, 0.1) is 5.56 Å². The van der Waals surface area contributed by atoms with E-state index in [-0.39, 0.29) is 5.91 Å². The van der Waals surface area contributed by atoms with Crippen LogP contribution >= 0.6 is 23.4 Å². The molecule has 0 bridgehead atoms. The number of carbonyl (C=O) groups is 1. The summed E-state index contributed by atoms with van der Waals surface area (Å²) in [6, 6.07) is 16.1. The van der Waals surface area contributed by atoms with Gasteiger partial charge in [0.2, 0.25) is 0 Å². The maximum Gasteiger partial charge on any atom is 0.255 e. The highest BCUT2D eigenvalue weighted by molar-refractivity contribution is 7.99. The number of benzene rings is 2. The van der Waals surface area contributed by atoms with Gasteiger partial charge in [-0.2, -0.15) is 0 Å². The predicted molar refractivity (Wildman–Crippen MR) is 107 cm³/mol. The van der Waals surface area contributed by atoms with Gasteiger partial charge in [-0.15, -0.1) is 11.8 Å². The lowest BCUT2D eigenvalue weighted by Gasteiger charge is -2.26. The molecule has 1 atom stereocenters. The summed E-state index contributed by atoms with van der Waals surface area (Å²) in [6.45, 7) is 3.74. The van der Waals surface area contributed by atoms with Gasteiger partial charge in [0.25, 0.3) is 5.91 Å². The van der Waals surface area contributed by atoms with E-state index in [9.17, 15) is 4.79 Å². The van der Waals surface area contributed by atoms with Crippen molar-refractivity contribution in [2.75, 3.05) is 18.8 Å². The SMILES string of the molecule is CCSc1ccccc1C(=O)N1CCCCC(c2ccc(Cl)cc2)C1. The Bertz CT molecular complexity index is 716. The zero-order chi connectivity index (χ0) is 17.6. The summed E-state index contributed by atoms with van der Waals surface area (Å²) >= 11 is 7.76. The molecule has 1 aliphatic rings. The van der Waals surface area contributed by atoms with E-state index >= 15 is 0 Å². The maximum absolute atomic E-state index is 13.2. The highest BCUT2D eigenvalue weighted by Gasteiger charge is 2.25. The number of thioether (sulfide) groups is 1. The summed E-state index contributed by atoms with van der Waals surface area (Å²) in [6.07, 6.45) is 3.35. The zero-order valence-electron chi connectivity index (χ0n) is 14.6. The number of rotatable bonds is 4. The highest BCUT2D eigenvalue weighted by Crippen LogP contribution is 2.30. The van der Waals surface area contributed by atoms with Crippen molar-refractivity contribution in [3.05, 3.63) is 64.7 Å². The van der Waals surface area contributed by atoms with Gasteiger partial charge in [0, 0.05) is 28.9 Å². The van der Waals surface area contributed by atoms with Gasteiger partial charge in [-0.3, -0.25) is 4.79 Å². The summed E-state index contributed by atoms with van der Waals surface area (Å²) < 4.78 is 0. The molecule has 1 amide bonds. The number of hydrogen-bond acceptors (Lipinski definition) is 2. The molecule has 132 valence electrons. The molecule has 2 nitrogen and oxygen atoms in total.